The fraction of sp³-hybridized carbons (Fsp3) is 0.571. The van der Waals surface area contributed by atoms with Gasteiger partial charge in [0.25, 0.3) is 0 Å². The van der Waals surface area contributed by atoms with E-state index < -0.39 is 0 Å². The van der Waals surface area contributed by atoms with Gasteiger partial charge in [-0.1, -0.05) is 13.0 Å². The highest BCUT2D eigenvalue weighted by Crippen LogP contribution is 2.53. The lowest BCUT2D eigenvalue weighted by atomic mass is 9.91. The van der Waals surface area contributed by atoms with Crippen LogP contribution in [0.25, 0.3) is 0 Å². The lowest BCUT2D eigenvalue weighted by molar-refractivity contribution is 0.349. The Morgan fingerprint density at radius 1 is 1.18 bits per heavy atom. The van der Waals surface area contributed by atoms with Crippen LogP contribution in [0.15, 0.2) is 12.1 Å². The normalized spacial score (nSPS) is 29.9. The van der Waals surface area contributed by atoms with Crippen molar-refractivity contribution in [2.45, 2.75) is 18.8 Å². The zero-order valence-corrected chi connectivity index (χ0v) is 10.6. The number of hydrogen-bond donors (Lipinski definition) is 1. The summed E-state index contributed by atoms with van der Waals surface area (Å²) in [4.78, 5) is 0. The minimum Gasteiger partial charge on any atom is -0.493 e. The van der Waals surface area contributed by atoms with Gasteiger partial charge >= 0.3 is 0 Å². The van der Waals surface area contributed by atoms with Crippen molar-refractivity contribution in [2.24, 2.45) is 5.92 Å². The van der Waals surface area contributed by atoms with E-state index in [0.29, 0.717) is 17.8 Å². The van der Waals surface area contributed by atoms with Gasteiger partial charge in [0.2, 0.25) is 0 Å². The Hall–Kier alpha value is -1.22. The van der Waals surface area contributed by atoms with Gasteiger partial charge in [-0.25, -0.2) is 0 Å². The maximum Gasteiger partial charge on any atom is 0.164 e. The molecule has 1 heterocycles. The van der Waals surface area contributed by atoms with Crippen LogP contribution >= 0.6 is 0 Å². The van der Waals surface area contributed by atoms with Gasteiger partial charge in [-0.2, -0.15) is 0 Å². The molecule has 3 atom stereocenters. The summed E-state index contributed by atoms with van der Waals surface area (Å²) in [6.45, 7) is 4.50. The van der Waals surface area contributed by atoms with Gasteiger partial charge in [0, 0.05) is 18.0 Å². The summed E-state index contributed by atoms with van der Waals surface area (Å²) in [7, 11) is 3.44. The summed E-state index contributed by atoms with van der Waals surface area (Å²) >= 11 is 0. The third kappa shape index (κ3) is 1.38. The summed E-state index contributed by atoms with van der Waals surface area (Å²) in [5.41, 5.74) is 2.81. The Bertz CT molecular complexity index is 444. The smallest absolute Gasteiger partial charge is 0.164 e. The van der Waals surface area contributed by atoms with Crippen LogP contribution in [0.2, 0.25) is 0 Å². The van der Waals surface area contributed by atoms with Crippen molar-refractivity contribution < 1.29 is 9.47 Å². The maximum absolute atomic E-state index is 5.58. The second-order valence-corrected chi connectivity index (χ2v) is 5.02. The molecule has 1 saturated heterocycles. The number of rotatable bonds is 2. The van der Waals surface area contributed by atoms with Crippen LogP contribution < -0.4 is 14.8 Å². The molecule has 1 aromatic carbocycles. The van der Waals surface area contributed by atoms with Crippen molar-refractivity contribution in [1.82, 2.24) is 5.32 Å². The highest BCUT2D eigenvalue weighted by atomic mass is 16.5. The highest BCUT2D eigenvalue weighted by molar-refractivity contribution is 5.57. The van der Waals surface area contributed by atoms with E-state index in [-0.39, 0.29) is 0 Å². The third-order valence-electron chi connectivity index (χ3n) is 4.38. The molecule has 0 aromatic heterocycles. The third-order valence-corrected chi connectivity index (χ3v) is 4.38. The van der Waals surface area contributed by atoms with Gasteiger partial charge in [-0.05, 0) is 30.0 Å². The average Bonchev–Trinajstić information content (AvgIpc) is 2.92. The molecule has 3 rings (SSSR count). The molecule has 3 heteroatoms. The van der Waals surface area contributed by atoms with Crippen molar-refractivity contribution in [3.63, 3.8) is 0 Å². The van der Waals surface area contributed by atoms with E-state index in [1.165, 1.54) is 11.1 Å². The van der Waals surface area contributed by atoms with Crippen LogP contribution in [0.5, 0.6) is 11.5 Å². The number of fused-ring (bicyclic) bond motifs is 3. The molecule has 0 amide bonds. The topological polar surface area (TPSA) is 30.5 Å². The summed E-state index contributed by atoms with van der Waals surface area (Å²) in [6, 6.07) is 4.24. The van der Waals surface area contributed by atoms with E-state index in [2.05, 4.69) is 18.3 Å². The lowest BCUT2D eigenvalue weighted by Crippen LogP contribution is -2.12. The van der Waals surface area contributed by atoms with Gasteiger partial charge in [0.15, 0.2) is 11.5 Å². The highest BCUT2D eigenvalue weighted by Gasteiger charge is 2.43. The van der Waals surface area contributed by atoms with Gasteiger partial charge in [0.1, 0.15) is 0 Å². The minimum absolute atomic E-state index is 0.588. The lowest BCUT2D eigenvalue weighted by Gasteiger charge is -2.16. The van der Waals surface area contributed by atoms with Crippen molar-refractivity contribution in [3.8, 4) is 11.5 Å². The molecule has 0 saturated carbocycles. The van der Waals surface area contributed by atoms with E-state index in [0.717, 1.165) is 24.6 Å². The van der Waals surface area contributed by atoms with E-state index >= 15 is 0 Å². The largest absolute Gasteiger partial charge is 0.493 e. The van der Waals surface area contributed by atoms with E-state index in [4.69, 9.17) is 9.47 Å². The van der Waals surface area contributed by atoms with E-state index in [1.54, 1.807) is 14.2 Å². The maximum atomic E-state index is 5.58. The molecule has 0 spiro atoms. The Kier molecular flexibility index (Phi) is 2.51. The quantitative estimate of drug-likeness (QED) is 0.848. The SMILES string of the molecule is COc1ccc2c(c1OC)C1CNCC1C2C. The van der Waals surface area contributed by atoms with Gasteiger partial charge in [-0.15, -0.1) is 0 Å². The molecule has 3 unspecified atom stereocenters. The fourth-order valence-electron chi connectivity index (χ4n) is 3.52. The van der Waals surface area contributed by atoms with Crippen LogP contribution in [0.3, 0.4) is 0 Å². The van der Waals surface area contributed by atoms with Crippen molar-refractivity contribution in [2.75, 3.05) is 27.3 Å². The average molecular weight is 233 g/mol. The molecular formula is C14H19NO2. The summed E-state index contributed by atoms with van der Waals surface area (Å²) < 4.78 is 11.0. The van der Waals surface area contributed by atoms with E-state index in [1.807, 2.05) is 6.07 Å². The first kappa shape index (κ1) is 10.9. The first-order valence-electron chi connectivity index (χ1n) is 6.23. The number of benzene rings is 1. The molecule has 1 aliphatic heterocycles. The van der Waals surface area contributed by atoms with Gasteiger partial charge in [0.05, 0.1) is 14.2 Å². The van der Waals surface area contributed by atoms with Crippen LogP contribution in [-0.2, 0) is 0 Å². The molecule has 92 valence electrons. The molecule has 1 aliphatic carbocycles. The Morgan fingerprint density at radius 2 is 2.00 bits per heavy atom. The molecule has 1 fully saturated rings. The van der Waals surface area contributed by atoms with Gasteiger partial charge in [-0.3, -0.25) is 0 Å². The Morgan fingerprint density at radius 3 is 2.71 bits per heavy atom. The molecule has 0 bridgehead atoms. The second-order valence-electron chi connectivity index (χ2n) is 5.02. The van der Waals surface area contributed by atoms with Gasteiger partial charge < -0.3 is 14.8 Å². The van der Waals surface area contributed by atoms with Crippen molar-refractivity contribution in [1.29, 1.82) is 0 Å². The van der Waals surface area contributed by atoms with Crippen LogP contribution in [0.4, 0.5) is 0 Å². The van der Waals surface area contributed by atoms with Crippen molar-refractivity contribution in [3.05, 3.63) is 23.3 Å². The van der Waals surface area contributed by atoms with Crippen LogP contribution in [0, 0.1) is 5.92 Å². The molecule has 1 N–H and O–H groups in total. The van der Waals surface area contributed by atoms with E-state index in [9.17, 15) is 0 Å². The summed E-state index contributed by atoms with van der Waals surface area (Å²) in [5.74, 6) is 3.71. The minimum atomic E-state index is 0.588. The monoisotopic (exact) mass is 233 g/mol. The molecule has 1 aromatic rings. The number of ether oxygens (including phenoxy) is 2. The number of nitrogens with one attached hydrogen (secondary N) is 1. The molecule has 3 nitrogen and oxygen atoms in total. The van der Waals surface area contributed by atoms with Crippen LogP contribution in [-0.4, -0.2) is 27.3 Å². The number of methoxy groups -OCH3 is 2. The Labute approximate surface area is 102 Å². The van der Waals surface area contributed by atoms with Crippen molar-refractivity contribution >= 4 is 0 Å². The summed E-state index contributed by atoms with van der Waals surface area (Å²) in [5, 5.41) is 3.49. The predicted octanol–water partition coefficient (Wildman–Crippen LogP) is 2.12. The zero-order chi connectivity index (χ0) is 12.0. The Balaban J connectivity index is 2.17. The molecule has 2 aliphatic rings. The molecule has 17 heavy (non-hydrogen) atoms. The van der Waals surface area contributed by atoms with Crippen LogP contribution in [0.1, 0.15) is 29.9 Å². The first-order valence-corrected chi connectivity index (χ1v) is 6.23. The molecular weight excluding hydrogens is 214 g/mol. The zero-order valence-electron chi connectivity index (χ0n) is 10.6. The first-order chi connectivity index (χ1) is 8.27. The standard InChI is InChI=1S/C14H19NO2/c1-8-9-4-5-12(16-2)14(17-3)13(9)11-7-15-6-10(8)11/h4-5,8,10-11,15H,6-7H2,1-3H3. The summed E-state index contributed by atoms with van der Waals surface area (Å²) in [6.07, 6.45) is 0. The molecule has 0 radical (unpaired) electrons. The predicted molar refractivity (Wildman–Crippen MR) is 67.1 cm³/mol. The second kappa shape index (κ2) is 3.91. The fourth-order valence-corrected chi connectivity index (χ4v) is 3.52. The number of hydrogen-bond acceptors (Lipinski definition) is 3.